The Morgan fingerprint density at radius 1 is 1.14 bits per heavy atom. The van der Waals surface area contributed by atoms with Crippen molar-refractivity contribution in [2.24, 2.45) is 5.73 Å². The number of hydrogen-bond acceptors (Lipinski definition) is 2. The van der Waals surface area contributed by atoms with Crippen LogP contribution < -0.4 is 5.73 Å². The Bertz CT molecular complexity index is 391. The molecule has 0 saturated carbocycles. The summed E-state index contributed by atoms with van der Waals surface area (Å²) in [6, 6.07) is 0.281. The Balaban J connectivity index is 3.40. The van der Waals surface area contributed by atoms with Gasteiger partial charge in [0.25, 0.3) is 0 Å². The van der Waals surface area contributed by atoms with E-state index in [0.29, 0.717) is 0 Å². The number of carbonyl (C=O) groups is 1. The van der Waals surface area contributed by atoms with Crippen LogP contribution in [0.15, 0.2) is 6.07 Å². The van der Waals surface area contributed by atoms with Crippen molar-refractivity contribution in [3.05, 3.63) is 34.9 Å². The second-order valence-corrected chi connectivity index (χ2v) is 2.48. The lowest BCUT2D eigenvalue weighted by Gasteiger charge is -2.02. The van der Waals surface area contributed by atoms with Crippen LogP contribution in [0.1, 0.15) is 10.4 Å². The number of halogens is 4. The molecule has 0 aliphatic heterocycles. The van der Waals surface area contributed by atoms with E-state index < -0.39 is 41.2 Å². The summed E-state index contributed by atoms with van der Waals surface area (Å²) in [6.45, 7) is -0.610. The first-order chi connectivity index (χ1) is 6.49. The summed E-state index contributed by atoms with van der Waals surface area (Å²) >= 11 is 0. The van der Waals surface area contributed by atoms with Gasteiger partial charge in [0.1, 0.15) is 0 Å². The van der Waals surface area contributed by atoms with E-state index >= 15 is 0 Å². The van der Waals surface area contributed by atoms with Crippen LogP contribution in [0.5, 0.6) is 0 Å². The van der Waals surface area contributed by atoms with E-state index in [1.807, 2.05) is 0 Å². The zero-order valence-corrected chi connectivity index (χ0v) is 6.78. The summed E-state index contributed by atoms with van der Waals surface area (Å²) in [4.78, 5) is 10.8. The maximum atomic E-state index is 12.8. The summed E-state index contributed by atoms with van der Waals surface area (Å²) in [7, 11) is 0. The Hall–Kier alpha value is -1.43. The molecule has 76 valence electrons. The Morgan fingerprint density at radius 2 is 1.71 bits per heavy atom. The molecule has 0 heterocycles. The van der Waals surface area contributed by atoms with E-state index in [2.05, 4.69) is 0 Å². The molecule has 0 unspecified atom stereocenters. The van der Waals surface area contributed by atoms with E-state index in [4.69, 9.17) is 5.73 Å². The van der Waals surface area contributed by atoms with Crippen LogP contribution >= 0.6 is 0 Å². The van der Waals surface area contributed by atoms with Crippen LogP contribution in [0.4, 0.5) is 17.6 Å². The highest BCUT2D eigenvalue weighted by atomic mass is 19.2. The van der Waals surface area contributed by atoms with Crippen molar-refractivity contribution >= 4 is 5.78 Å². The Kier molecular flexibility index (Phi) is 2.85. The lowest BCUT2D eigenvalue weighted by Crippen LogP contribution is -2.17. The van der Waals surface area contributed by atoms with Crippen molar-refractivity contribution in [1.82, 2.24) is 0 Å². The molecule has 0 saturated heterocycles. The van der Waals surface area contributed by atoms with Crippen molar-refractivity contribution in [2.75, 3.05) is 6.54 Å². The van der Waals surface area contributed by atoms with Gasteiger partial charge in [-0.05, 0) is 6.07 Å². The van der Waals surface area contributed by atoms with Crippen LogP contribution in [-0.2, 0) is 0 Å². The standard InChI is InChI=1S/C8H5F4NO/c9-4-1-3(5(14)2-13)6(10)8(12)7(4)11/h1H,2,13H2. The topological polar surface area (TPSA) is 43.1 Å². The number of benzene rings is 1. The fraction of sp³-hybridized carbons (Fsp3) is 0.125. The van der Waals surface area contributed by atoms with Crippen molar-refractivity contribution in [3.8, 4) is 0 Å². The number of ketones is 1. The van der Waals surface area contributed by atoms with Gasteiger partial charge in [-0.15, -0.1) is 0 Å². The number of carbonyl (C=O) groups excluding carboxylic acids is 1. The highest BCUT2D eigenvalue weighted by molar-refractivity contribution is 5.97. The maximum Gasteiger partial charge on any atom is 0.198 e. The zero-order chi connectivity index (χ0) is 10.9. The number of hydrogen-bond donors (Lipinski definition) is 1. The first kappa shape index (κ1) is 10.6. The van der Waals surface area contributed by atoms with Gasteiger partial charge in [0.2, 0.25) is 0 Å². The molecular formula is C8H5F4NO. The van der Waals surface area contributed by atoms with Gasteiger partial charge in [-0.2, -0.15) is 0 Å². The van der Waals surface area contributed by atoms with Crippen LogP contribution in [0.2, 0.25) is 0 Å². The molecule has 0 atom stereocenters. The summed E-state index contributed by atoms with van der Waals surface area (Å²) < 4.78 is 50.3. The van der Waals surface area contributed by atoms with Crippen molar-refractivity contribution in [1.29, 1.82) is 0 Å². The molecule has 1 aromatic carbocycles. The largest absolute Gasteiger partial charge is 0.324 e. The third-order valence-corrected chi connectivity index (χ3v) is 1.59. The number of rotatable bonds is 2. The molecule has 6 heteroatoms. The molecule has 0 radical (unpaired) electrons. The molecule has 0 aliphatic carbocycles. The monoisotopic (exact) mass is 207 g/mol. The Labute approximate surface area is 76.3 Å². The average molecular weight is 207 g/mol. The number of nitrogens with two attached hydrogens (primary N) is 1. The van der Waals surface area contributed by atoms with Gasteiger partial charge in [-0.25, -0.2) is 17.6 Å². The quantitative estimate of drug-likeness (QED) is 0.344. The van der Waals surface area contributed by atoms with E-state index in [-0.39, 0.29) is 6.07 Å². The highest BCUT2D eigenvalue weighted by Gasteiger charge is 2.21. The maximum absolute atomic E-state index is 12.8. The SMILES string of the molecule is NCC(=O)c1cc(F)c(F)c(F)c1F. The van der Waals surface area contributed by atoms with Gasteiger partial charge in [0, 0.05) is 0 Å². The van der Waals surface area contributed by atoms with Gasteiger partial charge >= 0.3 is 0 Å². The second kappa shape index (κ2) is 3.75. The minimum atomic E-state index is -2.01. The van der Waals surface area contributed by atoms with Gasteiger partial charge in [-0.1, -0.05) is 0 Å². The fourth-order valence-electron chi connectivity index (χ4n) is 0.886. The molecule has 0 aromatic heterocycles. The van der Waals surface area contributed by atoms with Crippen molar-refractivity contribution < 1.29 is 22.4 Å². The molecule has 0 fully saturated rings. The molecular weight excluding hydrogens is 202 g/mol. The second-order valence-electron chi connectivity index (χ2n) is 2.48. The minimum Gasteiger partial charge on any atom is -0.324 e. The molecule has 14 heavy (non-hydrogen) atoms. The predicted molar refractivity (Wildman–Crippen MR) is 39.7 cm³/mol. The van der Waals surface area contributed by atoms with Crippen LogP contribution in [0.3, 0.4) is 0 Å². The smallest absolute Gasteiger partial charge is 0.198 e. The lowest BCUT2D eigenvalue weighted by atomic mass is 10.1. The summed E-state index contributed by atoms with van der Waals surface area (Å²) in [6.07, 6.45) is 0. The fourth-order valence-corrected chi connectivity index (χ4v) is 0.886. The van der Waals surface area contributed by atoms with Crippen LogP contribution in [-0.4, -0.2) is 12.3 Å². The van der Waals surface area contributed by atoms with Crippen molar-refractivity contribution in [3.63, 3.8) is 0 Å². The third kappa shape index (κ3) is 1.60. The third-order valence-electron chi connectivity index (χ3n) is 1.59. The number of Topliss-reactive ketones (excluding diaryl/α,β-unsaturated/α-hetero) is 1. The first-order valence-electron chi connectivity index (χ1n) is 3.55. The molecule has 2 nitrogen and oxygen atoms in total. The molecule has 1 rings (SSSR count). The van der Waals surface area contributed by atoms with Gasteiger partial charge in [0.05, 0.1) is 12.1 Å². The minimum absolute atomic E-state index is 0.281. The van der Waals surface area contributed by atoms with Crippen LogP contribution in [0, 0.1) is 23.3 Å². The van der Waals surface area contributed by atoms with E-state index in [9.17, 15) is 22.4 Å². The van der Waals surface area contributed by atoms with E-state index in [0.717, 1.165) is 0 Å². The highest BCUT2D eigenvalue weighted by Crippen LogP contribution is 2.18. The molecule has 0 aliphatic rings. The first-order valence-corrected chi connectivity index (χ1v) is 3.55. The van der Waals surface area contributed by atoms with E-state index in [1.165, 1.54) is 0 Å². The summed E-state index contributed by atoms with van der Waals surface area (Å²) in [5, 5.41) is 0. The Morgan fingerprint density at radius 3 is 2.21 bits per heavy atom. The molecule has 2 N–H and O–H groups in total. The van der Waals surface area contributed by atoms with Gasteiger partial charge in [0.15, 0.2) is 29.1 Å². The lowest BCUT2D eigenvalue weighted by molar-refractivity contribution is 0.0995. The predicted octanol–water partition coefficient (Wildman–Crippen LogP) is 1.38. The molecule has 0 bridgehead atoms. The summed E-state index contributed by atoms with van der Waals surface area (Å²) in [5.41, 5.74) is 3.97. The zero-order valence-electron chi connectivity index (χ0n) is 6.78. The van der Waals surface area contributed by atoms with Gasteiger partial charge in [-0.3, -0.25) is 4.79 Å². The van der Waals surface area contributed by atoms with E-state index in [1.54, 1.807) is 0 Å². The normalized spacial score (nSPS) is 10.4. The summed E-state index contributed by atoms with van der Waals surface area (Å²) in [5.74, 6) is -8.31. The van der Waals surface area contributed by atoms with Crippen LogP contribution in [0.25, 0.3) is 0 Å². The molecule has 0 spiro atoms. The molecule has 0 amide bonds. The average Bonchev–Trinajstić information content (AvgIpc) is 2.19. The molecule has 1 aromatic rings. The van der Waals surface area contributed by atoms with Crippen molar-refractivity contribution in [2.45, 2.75) is 0 Å². The van der Waals surface area contributed by atoms with Gasteiger partial charge < -0.3 is 5.73 Å².